The molecule has 5 nitrogen and oxygen atoms in total. The standard InChI is InChI=1S/C15H17N3O2S/c16-14-6-5-13(21(17,19)20)9-15(14)18-8-7-11-3-1-2-4-12(11)10-18/h1-6,9H,7-8,10,16H2,(H2,17,19,20). The summed E-state index contributed by atoms with van der Waals surface area (Å²) < 4.78 is 23.0. The molecule has 0 saturated heterocycles. The molecule has 2 aromatic rings. The zero-order valence-electron chi connectivity index (χ0n) is 11.5. The molecule has 0 unspecified atom stereocenters. The van der Waals surface area contributed by atoms with Gasteiger partial charge >= 0.3 is 0 Å². The molecular weight excluding hydrogens is 286 g/mol. The molecule has 21 heavy (non-hydrogen) atoms. The van der Waals surface area contributed by atoms with Crippen molar-refractivity contribution in [3.8, 4) is 0 Å². The predicted molar refractivity (Wildman–Crippen MR) is 83.4 cm³/mol. The maximum Gasteiger partial charge on any atom is 0.238 e. The second-order valence-corrected chi connectivity index (χ2v) is 6.77. The Morgan fingerprint density at radius 3 is 2.48 bits per heavy atom. The monoisotopic (exact) mass is 303 g/mol. The first kappa shape index (κ1) is 13.9. The van der Waals surface area contributed by atoms with Crippen LogP contribution in [0.2, 0.25) is 0 Å². The highest BCUT2D eigenvalue weighted by Gasteiger charge is 2.19. The Bertz CT molecular complexity index is 787. The van der Waals surface area contributed by atoms with E-state index in [1.165, 1.54) is 17.2 Å². The number of nitrogen functional groups attached to an aromatic ring is 1. The zero-order chi connectivity index (χ0) is 15.0. The second kappa shape index (κ2) is 5.05. The van der Waals surface area contributed by atoms with Crippen molar-refractivity contribution in [2.45, 2.75) is 17.9 Å². The Kier molecular flexibility index (Phi) is 3.35. The summed E-state index contributed by atoms with van der Waals surface area (Å²) in [5, 5.41) is 5.19. The van der Waals surface area contributed by atoms with Crippen LogP contribution >= 0.6 is 0 Å². The van der Waals surface area contributed by atoms with Gasteiger partial charge in [0.1, 0.15) is 0 Å². The van der Waals surface area contributed by atoms with Gasteiger partial charge < -0.3 is 10.6 Å². The van der Waals surface area contributed by atoms with E-state index in [0.29, 0.717) is 12.2 Å². The van der Waals surface area contributed by atoms with Crippen LogP contribution in [0.4, 0.5) is 11.4 Å². The fraction of sp³-hybridized carbons (Fsp3) is 0.200. The Morgan fingerprint density at radius 1 is 1.05 bits per heavy atom. The average molecular weight is 303 g/mol. The third kappa shape index (κ3) is 2.72. The summed E-state index contributed by atoms with van der Waals surface area (Å²) >= 11 is 0. The Hall–Kier alpha value is -2.05. The molecule has 2 aromatic carbocycles. The summed E-state index contributed by atoms with van der Waals surface area (Å²) in [6, 6.07) is 12.8. The highest BCUT2D eigenvalue weighted by molar-refractivity contribution is 7.89. The number of nitrogens with zero attached hydrogens (tertiary/aromatic N) is 1. The Morgan fingerprint density at radius 2 is 1.76 bits per heavy atom. The van der Waals surface area contributed by atoms with Crippen molar-refractivity contribution in [2.24, 2.45) is 5.14 Å². The molecule has 0 atom stereocenters. The van der Waals surface area contributed by atoms with E-state index in [1.54, 1.807) is 12.1 Å². The number of benzene rings is 2. The van der Waals surface area contributed by atoms with Crippen molar-refractivity contribution in [2.75, 3.05) is 17.2 Å². The van der Waals surface area contributed by atoms with Crippen LogP contribution in [0.1, 0.15) is 11.1 Å². The largest absolute Gasteiger partial charge is 0.397 e. The molecule has 0 aromatic heterocycles. The van der Waals surface area contributed by atoms with Gasteiger partial charge in [0.25, 0.3) is 0 Å². The highest BCUT2D eigenvalue weighted by atomic mass is 32.2. The molecule has 0 amide bonds. The van der Waals surface area contributed by atoms with Crippen molar-refractivity contribution in [1.29, 1.82) is 0 Å². The summed E-state index contributed by atoms with van der Waals surface area (Å²) in [6.45, 7) is 1.52. The van der Waals surface area contributed by atoms with Crippen molar-refractivity contribution < 1.29 is 8.42 Å². The van der Waals surface area contributed by atoms with E-state index in [2.05, 4.69) is 17.0 Å². The van der Waals surface area contributed by atoms with E-state index in [-0.39, 0.29) is 4.90 Å². The summed E-state index contributed by atoms with van der Waals surface area (Å²) in [6.07, 6.45) is 0.912. The molecule has 1 aliphatic heterocycles. The van der Waals surface area contributed by atoms with Crippen LogP contribution < -0.4 is 15.8 Å². The summed E-state index contributed by atoms with van der Waals surface area (Å²) in [7, 11) is -3.72. The second-order valence-electron chi connectivity index (χ2n) is 5.21. The molecule has 0 spiro atoms. The van der Waals surface area contributed by atoms with Gasteiger partial charge in [-0.05, 0) is 35.7 Å². The fourth-order valence-corrected chi connectivity index (χ4v) is 3.21. The predicted octanol–water partition coefficient (Wildman–Crippen LogP) is 1.48. The van der Waals surface area contributed by atoms with Crippen molar-refractivity contribution in [3.63, 3.8) is 0 Å². The van der Waals surface area contributed by atoms with Gasteiger partial charge in [-0.2, -0.15) is 0 Å². The molecule has 0 saturated carbocycles. The van der Waals surface area contributed by atoms with Crippen LogP contribution in [0.5, 0.6) is 0 Å². The third-order valence-corrected chi connectivity index (χ3v) is 4.71. The van der Waals surface area contributed by atoms with Gasteiger partial charge in [-0.1, -0.05) is 24.3 Å². The van der Waals surface area contributed by atoms with Crippen LogP contribution in [0.3, 0.4) is 0 Å². The maximum absolute atomic E-state index is 11.5. The van der Waals surface area contributed by atoms with Crippen LogP contribution in [-0.2, 0) is 23.0 Å². The summed E-state index contributed by atoms with van der Waals surface area (Å²) in [5.74, 6) is 0. The van der Waals surface area contributed by atoms with Gasteiger partial charge in [-0.3, -0.25) is 0 Å². The van der Waals surface area contributed by atoms with Crippen molar-refractivity contribution in [3.05, 3.63) is 53.6 Å². The average Bonchev–Trinajstić information content (AvgIpc) is 2.46. The molecule has 3 rings (SSSR count). The van der Waals surface area contributed by atoms with Crippen molar-refractivity contribution in [1.82, 2.24) is 0 Å². The number of sulfonamides is 1. The first-order chi connectivity index (χ1) is 9.95. The molecular formula is C15H17N3O2S. The number of nitrogens with two attached hydrogens (primary N) is 2. The molecule has 110 valence electrons. The van der Waals surface area contributed by atoms with E-state index in [9.17, 15) is 8.42 Å². The minimum absolute atomic E-state index is 0.0885. The lowest BCUT2D eigenvalue weighted by atomic mass is 9.99. The lowest BCUT2D eigenvalue weighted by Gasteiger charge is -2.31. The molecule has 0 bridgehead atoms. The van der Waals surface area contributed by atoms with Gasteiger partial charge in [0.2, 0.25) is 10.0 Å². The number of hydrogen-bond donors (Lipinski definition) is 2. The maximum atomic E-state index is 11.5. The number of hydrogen-bond acceptors (Lipinski definition) is 4. The molecule has 1 heterocycles. The van der Waals surface area contributed by atoms with Gasteiger partial charge in [-0.25, -0.2) is 13.6 Å². The first-order valence-corrected chi connectivity index (χ1v) is 8.24. The van der Waals surface area contributed by atoms with Crippen LogP contribution in [0, 0.1) is 0 Å². The molecule has 6 heteroatoms. The third-order valence-electron chi connectivity index (χ3n) is 3.80. The quantitative estimate of drug-likeness (QED) is 0.822. The number of primary sulfonamides is 1. The van der Waals surface area contributed by atoms with E-state index in [0.717, 1.165) is 18.7 Å². The highest BCUT2D eigenvalue weighted by Crippen LogP contribution is 2.30. The van der Waals surface area contributed by atoms with Crippen LogP contribution in [-0.4, -0.2) is 15.0 Å². The fourth-order valence-electron chi connectivity index (χ4n) is 2.68. The van der Waals surface area contributed by atoms with Gasteiger partial charge in [0, 0.05) is 13.1 Å². The molecule has 0 radical (unpaired) electrons. The SMILES string of the molecule is Nc1ccc(S(N)(=O)=O)cc1N1CCc2ccccc2C1. The lowest BCUT2D eigenvalue weighted by Crippen LogP contribution is -2.31. The smallest absolute Gasteiger partial charge is 0.238 e. The minimum Gasteiger partial charge on any atom is -0.397 e. The summed E-state index contributed by atoms with van der Waals surface area (Å²) in [5.41, 5.74) is 9.85. The number of rotatable bonds is 2. The summed E-state index contributed by atoms with van der Waals surface area (Å²) in [4.78, 5) is 2.18. The number of fused-ring (bicyclic) bond motifs is 1. The van der Waals surface area contributed by atoms with Gasteiger partial charge in [0.15, 0.2) is 0 Å². The molecule has 4 N–H and O–H groups in total. The van der Waals surface area contributed by atoms with Crippen LogP contribution in [0.15, 0.2) is 47.4 Å². The Balaban J connectivity index is 1.99. The van der Waals surface area contributed by atoms with Gasteiger partial charge in [0.05, 0.1) is 16.3 Å². The minimum atomic E-state index is -3.72. The van der Waals surface area contributed by atoms with E-state index < -0.39 is 10.0 Å². The zero-order valence-corrected chi connectivity index (χ0v) is 12.3. The molecule has 0 fully saturated rings. The van der Waals surface area contributed by atoms with Gasteiger partial charge in [-0.15, -0.1) is 0 Å². The van der Waals surface area contributed by atoms with E-state index >= 15 is 0 Å². The van der Waals surface area contributed by atoms with E-state index in [1.807, 2.05) is 12.1 Å². The number of anilines is 2. The molecule has 0 aliphatic carbocycles. The van der Waals surface area contributed by atoms with E-state index in [4.69, 9.17) is 10.9 Å². The topological polar surface area (TPSA) is 89.4 Å². The van der Waals surface area contributed by atoms with Crippen LogP contribution in [0.25, 0.3) is 0 Å². The Labute approximate surface area is 124 Å². The normalized spacial score (nSPS) is 14.8. The lowest BCUT2D eigenvalue weighted by molar-refractivity contribution is 0.597. The first-order valence-electron chi connectivity index (χ1n) is 6.69. The molecule has 1 aliphatic rings. The van der Waals surface area contributed by atoms with Crippen molar-refractivity contribution >= 4 is 21.4 Å².